The summed E-state index contributed by atoms with van der Waals surface area (Å²) in [5.74, 6) is 0.351. The van der Waals surface area contributed by atoms with E-state index in [0.29, 0.717) is 5.92 Å². The molecule has 1 aromatic carbocycles. The molecular weight excluding hydrogens is 208 g/mol. The Hall–Kier alpha value is -0.820. The summed E-state index contributed by atoms with van der Waals surface area (Å²) < 4.78 is 0. The van der Waals surface area contributed by atoms with Gasteiger partial charge in [0.2, 0.25) is 0 Å². The molecule has 17 heavy (non-hydrogen) atoms. The molecule has 1 N–H and O–H groups in total. The molecule has 0 bridgehead atoms. The van der Waals surface area contributed by atoms with Crippen molar-refractivity contribution in [2.75, 3.05) is 0 Å². The molecule has 1 heteroatoms. The van der Waals surface area contributed by atoms with Crippen LogP contribution in [0.25, 0.3) is 0 Å². The first-order valence-electron chi connectivity index (χ1n) is 7.03. The van der Waals surface area contributed by atoms with Crippen molar-refractivity contribution in [3.63, 3.8) is 0 Å². The number of hydrogen-bond donors (Lipinski definition) is 1. The van der Waals surface area contributed by atoms with Gasteiger partial charge in [0.15, 0.2) is 0 Å². The zero-order chi connectivity index (χ0) is 12.1. The largest absolute Gasteiger partial charge is 0.389 e. The third kappa shape index (κ3) is 2.90. The molecule has 1 aliphatic rings. The van der Waals surface area contributed by atoms with E-state index in [2.05, 4.69) is 37.3 Å². The van der Waals surface area contributed by atoms with E-state index in [4.69, 9.17) is 0 Å². The third-order valence-corrected chi connectivity index (χ3v) is 4.17. The molecule has 94 valence electrons. The van der Waals surface area contributed by atoms with Gasteiger partial charge in [-0.05, 0) is 24.8 Å². The van der Waals surface area contributed by atoms with E-state index >= 15 is 0 Å². The third-order valence-electron chi connectivity index (χ3n) is 4.17. The number of benzene rings is 1. The molecule has 1 aromatic rings. The number of unbranched alkanes of at least 4 members (excludes halogenated alkanes) is 1. The molecule has 1 saturated carbocycles. The Morgan fingerprint density at radius 3 is 2.71 bits per heavy atom. The van der Waals surface area contributed by atoms with Crippen LogP contribution in [0.3, 0.4) is 0 Å². The summed E-state index contributed by atoms with van der Waals surface area (Å²) in [5, 5.41) is 10.9. The molecule has 0 heterocycles. The van der Waals surface area contributed by atoms with Crippen LogP contribution < -0.4 is 0 Å². The molecule has 0 amide bonds. The average Bonchev–Trinajstić information content (AvgIpc) is 2.38. The normalized spacial score (nSPS) is 29.2. The minimum absolute atomic E-state index is 0.351. The highest BCUT2D eigenvalue weighted by atomic mass is 16.3. The predicted octanol–water partition coefficient (Wildman–Crippen LogP) is 4.27. The number of aliphatic hydroxyl groups is 1. The number of hydrogen-bond acceptors (Lipinski definition) is 1. The molecule has 2 rings (SSSR count). The summed E-state index contributed by atoms with van der Waals surface area (Å²) in [6.07, 6.45) is 7.83. The van der Waals surface area contributed by atoms with Crippen molar-refractivity contribution in [3.05, 3.63) is 35.9 Å². The summed E-state index contributed by atoms with van der Waals surface area (Å²) in [7, 11) is 0. The summed E-state index contributed by atoms with van der Waals surface area (Å²) in [6.45, 7) is 2.20. The summed E-state index contributed by atoms with van der Waals surface area (Å²) in [5.41, 5.74) is 0.876. The lowest BCUT2D eigenvalue weighted by atomic mass is 9.70. The highest BCUT2D eigenvalue weighted by Crippen LogP contribution is 2.43. The van der Waals surface area contributed by atoms with Crippen molar-refractivity contribution in [1.29, 1.82) is 0 Å². The van der Waals surface area contributed by atoms with Gasteiger partial charge in [0.25, 0.3) is 0 Å². The van der Waals surface area contributed by atoms with E-state index in [0.717, 1.165) is 25.7 Å². The van der Waals surface area contributed by atoms with Crippen LogP contribution in [-0.4, -0.2) is 10.7 Å². The van der Waals surface area contributed by atoms with Crippen molar-refractivity contribution >= 4 is 0 Å². The van der Waals surface area contributed by atoms with Crippen molar-refractivity contribution in [2.45, 2.75) is 63.4 Å². The van der Waals surface area contributed by atoms with Gasteiger partial charge in [-0.1, -0.05) is 62.9 Å². The molecule has 0 radical (unpaired) electrons. The number of rotatable bonds is 4. The van der Waals surface area contributed by atoms with Crippen LogP contribution in [0.15, 0.2) is 30.3 Å². The first kappa shape index (κ1) is 12.6. The molecule has 2 atom stereocenters. The van der Waals surface area contributed by atoms with Gasteiger partial charge in [0, 0.05) is 5.92 Å². The Morgan fingerprint density at radius 1 is 1.24 bits per heavy atom. The molecule has 0 aromatic heterocycles. The zero-order valence-corrected chi connectivity index (χ0v) is 10.9. The van der Waals surface area contributed by atoms with E-state index < -0.39 is 5.60 Å². The fourth-order valence-corrected chi connectivity index (χ4v) is 3.17. The maximum atomic E-state index is 10.9. The lowest BCUT2D eigenvalue weighted by molar-refractivity contribution is -0.0260. The second-order valence-electron chi connectivity index (χ2n) is 5.42. The van der Waals surface area contributed by atoms with Gasteiger partial charge in [0.05, 0.1) is 5.60 Å². The molecule has 1 aliphatic carbocycles. The van der Waals surface area contributed by atoms with Crippen LogP contribution in [-0.2, 0) is 0 Å². The van der Waals surface area contributed by atoms with Crippen LogP contribution in [0.5, 0.6) is 0 Å². The predicted molar refractivity (Wildman–Crippen MR) is 72.1 cm³/mol. The van der Waals surface area contributed by atoms with Crippen LogP contribution >= 0.6 is 0 Å². The van der Waals surface area contributed by atoms with Gasteiger partial charge in [-0.3, -0.25) is 0 Å². The van der Waals surface area contributed by atoms with E-state index in [9.17, 15) is 5.11 Å². The van der Waals surface area contributed by atoms with Gasteiger partial charge < -0.3 is 5.11 Å². The van der Waals surface area contributed by atoms with Crippen LogP contribution in [0, 0.1) is 0 Å². The topological polar surface area (TPSA) is 20.2 Å². The van der Waals surface area contributed by atoms with Gasteiger partial charge in [-0.2, -0.15) is 0 Å². The van der Waals surface area contributed by atoms with Gasteiger partial charge in [-0.15, -0.1) is 0 Å². The van der Waals surface area contributed by atoms with E-state index in [1.165, 1.54) is 24.8 Å². The lowest BCUT2D eigenvalue weighted by Crippen LogP contribution is -2.39. The smallest absolute Gasteiger partial charge is 0.0716 e. The van der Waals surface area contributed by atoms with Gasteiger partial charge in [0.1, 0.15) is 0 Å². The maximum Gasteiger partial charge on any atom is 0.0716 e. The fourth-order valence-electron chi connectivity index (χ4n) is 3.17. The summed E-state index contributed by atoms with van der Waals surface area (Å²) >= 11 is 0. The lowest BCUT2D eigenvalue weighted by Gasteiger charge is -2.40. The highest BCUT2D eigenvalue weighted by Gasteiger charge is 2.38. The van der Waals surface area contributed by atoms with E-state index in [1.54, 1.807) is 0 Å². The van der Waals surface area contributed by atoms with E-state index in [1.807, 2.05) is 0 Å². The van der Waals surface area contributed by atoms with Crippen molar-refractivity contribution in [3.8, 4) is 0 Å². The first-order valence-corrected chi connectivity index (χ1v) is 7.03. The molecule has 0 aliphatic heterocycles. The Bertz CT molecular complexity index is 333. The molecule has 1 fully saturated rings. The second kappa shape index (κ2) is 5.68. The first-order chi connectivity index (χ1) is 8.26. The Morgan fingerprint density at radius 2 is 2.00 bits per heavy atom. The Balaban J connectivity index is 2.17. The fraction of sp³-hybridized carbons (Fsp3) is 0.625. The highest BCUT2D eigenvalue weighted by molar-refractivity contribution is 5.23. The Labute approximate surface area is 105 Å². The molecule has 0 unspecified atom stereocenters. The molecule has 0 saturated heterocycles. The molecular formula is C16H24O. The van der Waals surface area contributed by atoms with E-state index in [-0.39, 0.29) is 0 Å². The van der Waals surface area contributed by atoms with Crippen LogP contribution in [0.1, 0.15) is 63.4 Å². The quantitative estimate of drug-likeness (QED) is 0.822. The average molecular weight is 232 g/mol. The van der Waals surface area contributed by atoms with Crippen LogP contribution in [0.4, 0.5) is 0 Å². The minimum Gasteiger partial charge on any atom is -0.389 e. The van der Waals surface area contributed by atoms with Gasteiger partial charge in [-0.25, -0.2) is 0 Å². The monoisotopic (exact) mass is 232 g/mol. The SMILES string of the molecule is CCCC[C@]1(O)CCCC[C@@H]1c1ccccc1. The van der Waals surface area contributed by atoms with Gasteiger partial charge >= 0.3 is 0 Å². The van der Waals surface area contributed by atoms with Crippen LogP contribution in [0.2, 0.25) is 0 Å². The maximum absolute atomic E-state index is 10.9. The molecule has 1 nitrogen and oxygen atoms in total. The summed E-state index contributed by atoms with van der Waals surface area (Å²) in [4.78, 5) is 0. The second-order valence-corrected chi connectivity index (χ2v) is 5.42. The Kier molecular flexibility index (Phi) is 4.22. The zero-order valence-electron chi connectivity index (χ0n) is 10.9. The van der Waals surface area contributed by atoms with Crippen molar-refractivity contribution in [2.24, 2.45) is 0 Å². The molecule has 0 spiro atoms. The van der Waals surface area contributed by atoms with Crippen molar-refractivity contribution < 1.29 is 5.11 Å². The minimum atomic E-state index is -0.449. The van der Waals surface area contributed by atoms with Crippen molar-refractivity contribution in [1.82, 2.24) is 0 Å². The summed E-state index contributed by atoms with van der Waals surface area (Å²) in [6, 6.07) is 10.6. The standard InChI is InChI=1S/C16H24O/c1-2-3-12-16(17)13-8-7-11-15(16)14-9-5-4-6-10-14/h4-6,9-10,15,17H,2-3,7-8,11-13H2,1H3/t15-,16+/m1/s1.